The van der Waals surface area contributed by atoms with Crippen molar-refractivity contribution in [1.82, 2.24) is 0 Å². The van der Waals surface area contributed by atoms with Crippen molar-refractivity contribution in [2.24, 2.45) is 0 Å². The first-order chi connectivity index (χ1) is 11.7. The van der Waals surface area contributed by atoms with Crippen molar-refractivity contribution >= 4 is 20.3 Å². The van der Waals surface area contributed by atoms with Gasteiger partial charge in [-0.25, -0.2) is 9.59 Å². The minimum Gasteiger partial charge on any atom is -0.462 e. The molecular weight excluding hydrogens is 336 g/mol. The molecule has 0 aromatic carbocycles. The van der Waals surface area contributed by atoms with E-state index in [1.165, 1.54) is 25.3 Å². The quantitative estimate of drug-likeness (QED) is 0.274. The van der Waals surface area contributed by atoms with Crippen LogP contribution in [0.1, 0.15) is 45.4 Å². The standard InChI is InChI=1S/C10H20O3Si.C9H14O2/c1-9(2)10(11)13-7-6-8-14(4,5)12-3;1-2-9(10)11-8-6-4-3-5-7-8/h1,6-8H2,2-5H3;2,8H,1,3-7H2. The molecule has 1 aliphatic carbocycles. The van der Waals surface area contributed by atoms with Gasteiger partial charge in [0.05, 0.1) is 6.61 Å². The molecule has 0 radical (unpaired) electrons. The van der Waals surface area contributed by atoms with Crippen LogP contribution in [0, 0.1) is 0 Å². The molecule has 1 aliphatic rings. The zero-order chi connectivity index (χ0) is 19.3. The van der Waals surface area contributed by atoms with Gasteiger partial charge in [0.1, 0.15) is 6.10 Å². The molecule has 5 nitrogen and oxygen atoms in total. The van der Waals surface area contributed by atoms with Gasteiger partial charge in [-0.1, -0.05) is 19.6 Å². The fraction of sp³-hybridized carbons (Fsp3) is 0.684. The molecule has 0 bridgehead atoms. The van der Waals surface area contributed by atoms with Crippen LogP contribution in [-0.2, 0) is 23.5 Å². The lowest BCUT2D eigenvalue weighted by molar-refractivity contribution is -0.144. The van der Waals surface area contributed by atoms with Gasteiger partial charge in [0.15, 0.2) is 8.32 Å². The Labute approximate surface area is 153 Å². The van der Waals surface area contributed by atoms with E-state index in [-0.39, 0.29) is 18.0 Å². The predicted octanol–water partition coefficient (Wildman–Crippen LogP) is 4.40. The van der Waals surface area contributed by atoms with Crippen molar-refractivity contribution in [3.63, 3.8) is 0 Å². The lowest BCUT2D eigenvalue weighted by Gasteiger charge is -2.20. The van der Waals surface area contributed by atoms with Crippen molar-refractivity contribution in [3.8, 4) is 0 Å². The highest BCUT2D eigenvalue weighted by Gasteiger charge is 2.19. The zero-order valence-corrected chi connectivity index (χ0v) is 17.3. The Morgan fingerprint density at radius 1 is 1.20 bits per heavy atom. The first kappa shape index (κ1) is 23.6. The second-order valence-electron chi connectivity index (χ2n) is 6.88. The molecular formula is C19H34O5Si. The fourth-order valence-corrected chi connectivity index (χ4v) is 3.48. The largest absolute Gasteiger partial charge is 0.462 e. The van der Waals surface area contributed by atoms with Gasteiger partial charge in [-0.05, 0) is 58.2 Å². The van der Waals surface area contributed by atoms with Crippen molar-refractivity contribution in [2.75, 3.05) is 13.7 Å². The Bertz CT molecular complexity index is 439. The van der Waals surface area contributed by atoms with Crippen molar-refractivity contribution in [1.29, 1.82) is 0 Å². The smallest absolute Gasteiger partial charge is 0.333 e. The van der Waals surface area contributed by atoms with Gasteiger partial charge in [-0.2, -0.15) is 0 Å². The molecule has 0 saturated heterocycles. The van der Waals surface area contributed by atoms with E-state index in [2.05, 4.69) is 26.3 Å². The summed E-state index contributed by atoms with van der Waals surface area (Å²) in [4.78, 5) is 21.7. The molecule has 0 unspecified atom stereocenters. The molecule has 0 heterocycles. The fourth-order valence-electron chi connectivity index (χ4n) is 2.28. The molecule has 144 valence electrons. The van der Waals surface area contributed by atoms with Gasteiger partial charge < -0.3 is 13.9 Å². The van der Waals surface area contributed by atoms with Crippen LogP contribution in [0.3, 0.4) is 0 Å². The molecule has 0 amide bonds. The van der Waals surface area contributed by atoms with Crippen LogP contribution < -0.4 is 0 Å². The van der Waals surface area contributed by atoms with Crippen molar-refractivity contribution < 1.29 is 23.5 Å². The van der Waals surface area contributed by atoms with Crippen LogP contribution >= 0.6 is 0 Å². The third-order valence-electron chi connectivity index (χ3n) is 4.06. The number of hydrogen-bond acceptors (Lipinski definition) is 5. The molecule has 1 rings (SSSR count). The highest BCUT2D eigenvalue weighted by Crippen LogP contribution is 2.20. The molecule has 25 heavy (non-hydrogen) atoms. The number of rotatable bonds is 8. The number of esters is 2. The Morgan fingerprint density at radius 3 is 2.28 bits per heavy atom. The minimum atomic E-state index is -1.49. The average molecular weight is 371 g/mol. The summed E-state index contributed by atoms with van der Waals surface area (Å²) in [6.45, 7) is 13.3. The Kier molecular flexibility index (Phi) is 12.2. The molecule has 0 spiro atoms. The Hall–Kier alpha value is -1.40. The lowest BCUT2D eigenvalue weighted by Crippen LogP contribution is -2.28. The molecule has 0 aromatic rings. The maximum absolute atomic E-state index is 11.0. The number of ether oxygens (including phenoxy) is 2. The summed E-state index contributed by atoms with van der Waals surface area (Å²) >= 11 is 0. The topological polar surface area (TPSA) is 61.8 Å². The first-order valence-electron chi connectivity index (χ1n) is 8.92. The van der Waals surface area contributed by atoms with Crippen LogP contribution in [0.25, 0.3) is 0 Å². The molecule has 0 aliphatic heterocycles. The molecule has 1 fully saturated rings. The van der Waals surface area contributed by atoms with E-state index >= 15 is 0 Å². The first-order valence-corrected chi connectivity index (χ1v) is 12.0. The third-order valence-corrected chi connectivity index (χ3v) is 6.72. The lowest BCUT2D eigenvalue weighted by atomic mass is 9.98. The van der Waals surface area contributed by atoms with E-state index in [9.17, 15) is 9.59 Å². The van der Waals surface area contributed by atoms with Gasteiger partial charge >= 0.3 is 11.9 Å². The summed E-state index contributed by atoms with van der Waals surface area (Å²) in [7, 11) is 0.252. The zero-order valence-electron chi connectivity index (χ0n) is 16.3. The second-order valence-corrected chi connectivity index (χ2v) is 11.3. The van der Waals surface area contributed by atoms with E-state index in [0.29, 0.717) is 12.2 Å². The van der Waals surface area contributed by atoms with Crippen LogP contribution in [0.5, 0.6) is 0 Å². The Morgan fingerprint density at radius 2 is 1.80 bits per heavy atom. The third kappa shape index (κ3) is 12.6. The molecule has 6 heteroatoms. The predicted molar refractivity (Wildman–Crippen MR) is 103 cm³/mol. The minimum absolute atomic E-state index is 0.161. The van der Waals surface area contributed by atoms with E-state index in [1.807, 2.05) is 0 Å². The number of carbonyl (C=O) groups excluding carboxylic acids is 2. The Balaban J connectivity index is 0.000000472. The van der Waals surface area contributed by atoms with Crippen LogP contribution in [0.4, 0.5) is 0 Å². The van der Waals surface area contributed by atoms with Crippen molar-refractivity contribution in [2.45, 2.75) is 70.7 Å². The van der Waals surface area contributed by atoms with E-state index in [0.717, 1.165) is 25.3 Å². The second kappa shape index (κ2) is 12.9. The van der Waals surface area contributed by atoms with Crippen LogP contribution in [-0.4, -0.2) is 40.1 Å². The monoisotopic (exact) mass is 370 g/mol. The normalized spacial score (nSPS) is 14.7. The summed E-state index contributed by atoms with van der Waals surface area (Å²) in [6, 6.07) is 1.01. The maximum atomic E-state index is 11.0. The van der Waals surface area contributed by atoms with E-state index < -0.39 is 8.32 Å². The number of hydrogen-bond donors (Lipinski definition) is 0. The molecule has 0 N–H and O–H groups in total. The van der Waals surface area contributed by atoms with Crippen LogP contribution in [0.15, 0.2) is 24.8 Å². The maximum Gasteiger partial charge on any atom is 0.333 e. The van der Waals surface area contributed by atoms with Gasteiger partial charge in [0.25, 0.3) is 0 Å². The van der Waals surface area contributed by atoms with E-state index in [4.69, 9.17) is 13.9 Å². The van der Waals surface area contributed by atoms with E-state index in [1.54, 1.807) is 14.0 Å². The van der Waals surface area contributed by atoms with Gasteiger partial charge in [-0.15, -0.1) is 0 Å². The van der Waals surface area contributed by atoms with Gasteiger partial charge in [0, 0.05) is 18.8 Å². The number of carbonyl (C=O) groups is 2. The highest BCUT2D eigenvalue weighted by atomic mass is 28.4. The summed E-state index contributed by atoms with van der Waals surface area (Å²) in [5, 5.41) is 0. The SMILES string of the molecule is C=C(C)C(=O)OCCC[Si](C)(C)OC.C=CC(=O)OC1CCCCC1. The molecule has 0 atom stereocenters. The summed E-state index contributed by atoms with van der Waals surface area (Å²) in [6.07, 6.45) is 7.97. The molecule has 0 aromatic heterocycles. The average Bonchev–Trinajstić information content (AvgIpc) is 2.59. The van der Waals surface area contributed by atoms with Crippen LogP contribution in [0.2, 0.25) is 19.1 Å². The summed E-state index contributed by atoms with van der Waals surface area (Å²) in [5.41, 5.74) is 0.452. The highest BCUT2D eigenvalue weighted by molar-refractivity contribution is 6.71. The van der Waals surface area contributed by atoms with Gasteiger partial charge in [0.2, 0.25) is 0 Å². The summed E-state index contributed by atoms with van der Waals surface area (Å²) in [5.74, 6) is -0.584. The molecule has 1 saturated carbocycles. The van der Waals surface area contributed by atoms with Gasteiger partial charge in [-0.3, -0.25) is 0 Å². The van der Waals surface area contributed by atoms with Crippen molar-refractivity contribution in [3.05, 3.63) is 24.8 Å². The summed E-state index contributed by atoms with van der Waals surface area (Å²) < 4.78 is 15.4.